The molecule has 1 N–H and O–H groups in total. The van der Waals surface area contributed by atoms with Crippen LogP contribution in [0.15, 0.2) is 18.2 Å². The molecule has 0 spiro atoms. The van der Waals surface area contributed by atoms with E-state index in [0.29, 0.717) is 44.1 Å². The van der Waals surface area contributed by atoms with Crippen LogP contribution in [0.2, 0.25) is 5.02 Å². The Bertz CT molecular complexity index is 760. The van der Waals surface area contributed by atoms with Gasteiger partial charge in [-0.25, -0.2) is 13.2 Å². The van der Waals surface area contributed by atoms with Gasteiger partial charge in [0.25, 0.3) is 0 Å². The molecule has 1 aromatic carbocycles. The van der Waals surface area contributed by atoms with Gasteiger partial charge in [-0.15, -0.1) is 0 Å². The maximum absolute atomic E-state index is 15.1. The van der Waals surface area contributed by atoms with Crippen LogP contribution in [0.1, 0.15) is 70.0 Å². The van der Waals surface area contributed by atoms with Crippen molar-refractivity contribution in [1.82, 2.24) is 10.2 Å². The average molecular weight is 519 g/mol. The Hall–Kier alpha value is -0.860. The lowest BCUT2D eigenvalue weighted by atomic mass is 9.81. The van der Waals surface area contributed by atoms with E-state index in [2.05, 4.69) is 10.2 Å². The number of hydrogen-bond acceptors (Lipinski definition) is 4. The molecule has 200 valence electrons. The van der Waals surface area contributed by atoms with Gasteiger partial charge in [0.1, 0.15) is 5.82 Å². The zero-order chi connectivity index (χ0) is 25.3. The molecule has 2 aliphatic rings. The molecule has 0 bridgehead atoms. The van der Waals surface area contributed by atoms with Gasteiger partial charge in [-0.05, 0) is 71.0 Å². The number of piperidine rings is 1. The number of rotatable bonds is 13. The van der Waals surface area contributed by atoms with Gasteiger partial charge in [-0.3, -0.25) is 4.90 Å². The molecule has 3 rings (SSSR count). The van der Waals surface area contributed by atoms with Gasteiger partial charge in [0.2, 0.25) is 5.92 Å². The van der Waals surface area contributed by atoms with Crippen molar-refractivity contribution in [1.29, 1.82) is 0 Å². The zero-order valence-electron chi connectivity index (χ0n) is 21.2. The van der Waals surface area contributed by atoms with Crippen molar-refractivity contribution in [2.75, 3.05) is 46.5 Å². The number of benzene rings is 1. The number of hydrogen-bond donors (Lipinski definition) is 1. The summed E-state index contributed by atoms with van der Waals surface area (Å²) in [6, 6.07) is 5.39. The molecule has 1 saturated carbocycles. The third-order valence-corrected chi connectivity index (χ3v) is 7.83. The first-order chi connectivity index (χ1) is 16.8. The standard InChI is InChI=1S/C27H42ClF3N2O2/c1-3-34-15-6-16-35-26(23-8-4-9-24(28)25(23)29)21-7-5-14-33(19-21)22(18-32-2)17-20-10-12-27(30,31)13-11-20/h4,8-9,20-22,26,32H,3,5-7,10-19H2,1-2H3/t21-,22?,26-/m1/s1. The highest BCUT2D eigenvalue weighted by Gasteiger charge is 2.38. The third-order valence-electron chi connectivity index (χ3n) is 7.54. The molecule has 1 unspecified atom stereocenters. The van der Waals surface area contributed by atoms with Gasteiger partial charge in [0.05, 0.1) is 11.1 Å². The minimum atomic E-state index is -2.50. The summed E-state index contributed by atoms with van der Waals surface area (Å²) in [6.45, 7) is 6.28. The van der Waals surface area contributed by atoms with Crippen LogP contribution in [0.3, 0.4) is 0 Å². The first-order valence-corrected chi connectivity index (χ1v) is 13.6. The molecule has 1 aliphatic carbocycles. The summed E-state index contributed by atoms with van der Waals surface area (Å²) in [4.78, 5) is 2.47. The Morgan fingerprint density at radius 2 is 1.97 bits per heavy atom. The van der Waals surface area contributed by atoms with Crippen LogP contribution < -0.4 is 5.32 Å². The molecule has 0 aromatic heterocycles. The van der Waals surface area contributed by atoms with E-state index in [-0.39, 0.29) is 35.9 Å². The molecular formula is C27H42ClF3N2O2. The normalized spacial score (nSPS) is 23.3. The van der Waals surface area contributed by atoms with Crippen LogP contribution in [-0.4, -0.2) is 63.4 Å². The van der Waals surface area contributed by atoms with Gasteiger partial charge in [-0.2, -0.15) is 0 Å². The summed E-state index contributed by atoms with van der Waals surface area (Å²) in [7, 11) is 1.94. The molecule has 3 atom stereocenters. The van der Waals surface area contributed by atoms with E-state index >= 15 is 4.39 Å². The highest BCUT2D eigenvalue weighted by Crippen LogP contribution is 2.40. The first-order valence-electron chi connectivity index (χ1n) is 13.2. The fourth-order valence-electron chi connectivity index (χ4n) is 5.67. The van der Waals surface area contributed by atoms with Gasteiger partial charge in [0.15, 0.2) is 0 Å². The fourth-order valence-corrected chi connectivity index (χ4v) is 5.85. The second-order valence-electron chi connectivity index (χ2n) is 10.1. The van der Waals surface area contributed by atoms with E-state index in [1.165, 1.54) is 0 Å². The van der Waals surface area contributed by atoms with E-state index in [1.54, 1.807) is 18.2 Å². The summed E-state index contributed by atoms with van der Waals surface area (Å²) < 4.78 is 54.1. The minimum absolute atomic E-state index is 0.00172. The molecule has 8 heteroatoms. The molecule has 4 nitrogen and oxygen atoms in total. The lowest BCUT2D eigenvalue weighted by Crippen LogP contribution is -2.49. The molecular weight excluding hydrogens is 477 g/mol. The van der Waals surface area contributed by atoms with Crippen LogP contribution >= 0.6 is 11.6 Å². The van der Waals surface area contributed by atoms with E-state index < -0.39 is 11.7 Å². The first kappa shape index (κ1) is 28.7. The van der Waals surface area contributed by atoms with Crippen LogP contribution in [0, 0.1) is 17.7 Å². The van der Waals surface area contributed by atoms with Crippen molar-refractivity contribution < 1.29 is 22.6 Å². The minimum Gasteiger partial charge on any atom is -0.382 e. The number of nitrogens with one attached hydrogen (secondary N) is 1. The summed E-state index contributed by atoms with van der Waals surface area (Å²) in [5, 5.41) is 3.42. The fraction of sp³-hybridized carbons (Fsp3) is 0.778. The quantitative estimate of drug-likeness (QED) is 0.303. The van der Waals surface area contributed by atoms with Gasteiger partial charge < -0.3 is 14.8 Å². The van der Waals surface area contributed by atoms with Crippen molar-refractivity contribution in [3.05, 3.63) is 34.6 Å². The summed E-state index contributed by atoms with van der Waals surface area (Å²) in [5.74, 6) is -2.46. The molecule has 1 aliphatic heterocycles. The van der Waals surface area contributed by atoms with Crippen LogP contribution in [0.4, 0.5) is 13.2 Å². The maximum Gasteiger partial charge on any atom is 0.248 e. The van der Waals surface area contributed by atoms with Crippen LogP contribution in [0.5, 0.6) is 0 Å². The van der Waals surface area contributed by atoms with Crippen molar-refractivity contribution >= 4 is 11.6 Å². The van der Waals surface area contributed by atoms with Crippen LogP contribution in [-0.2, 0) is 9.47 Å². The number of nitrogens with zero attached hydrogens (tertiary/aromatic N) is 1. The Morgan fingerprint density at radius 1 is 1.20 bits per heavy atom. The van der Waals surface area contributed by atoms with Crippen molar-refractivity contribution in [2.45, 2.75) is 76.4 Å². The second-order valence-corrected chi connectivity index (χ2v) is 10.5. The Labute approximate surface area is 213 Å². The maximum atomic E-state index is 15.1. The number of halogens is 4. The van der Waals surface area contributed by atoms with Gasteiger partial charge in [-0.1, -0.05) is 23.7 Å². The summed E-state index contributed by atoms with van der Waals surface area (Å²) in [5.41, 5.74) is 0.514. The van der Waals surface area contributed by atoms with E-state index in [1.807, 2.05) is 14.0 Å². The zero-order valence-corrected chi connectivity index (χ0v) is 22.0. The van der Waals surface area contributed by atoms with E-state index in [0.717, 1.165) is 45.3 Å². The number of ether oxygens (including phenoxy) is 2. The predicted octanol–water partition coefficient (Wildman–Crippen LogP) is 6.48. The number of likely N-dealkylation sites (N-methyl/N-ethyl adjacent to an activating group) is 1. The van der Waals surface area contributed by atoms with Crippen molar-refractivity contribution in [2.24, 2.45) is 11.8 Å². The van der Waals surface area contributed by atoms with E-state index in [9.17, 15) is 8.78 Å². The average Bonchev–Trinajstić information content (AvgIpc) is 2.84. The van der Waals surface area contributed by atoms with Gasteiger partial charge >= 0.3 is 0 Å². The largest absolute Gasteiger partial charge is 0.382 e. The smallest absolute Gasteiger partial charge is 0.248 e. The number of likely N-dealkylation sites (tertiary alicyclic amines) is 1. The van der Waals surface area contributed by atoms with E-state index in [4.69, 9.17) is 21.1 Å². The van der Waals surface area contributed by atoms with Crippen molar-refractivity contribution in [3.63, 3.8) is 0 Å². The molecule has 1 heterocycles. The van der Waals surface area contributed by atoms with Crippen molar-refractivity contribution in [3.8, 4) is 0 Å². The molecule has 1 saturated heterocycles. The SMILES string of the molecule is CCOCCCO[C@@H](c1cccc(Cl)c1F)[C@@H]1CCCN(C(CNC)CC2CCC(F)(F)CC2)C1. The lowest BCUT2D eigenvalue weighted by molar-refractivity contribution is -0.0529. The predicted molar refractivity (Wildman–Crippen MR) is 135 cm³/mol. The Kier molecular flexibility index (Phi) is 11.6. The molecule has 0 radical (unpaired) electrons. The second kappa shape index (κ2) is 14.2. The third kappa shape index (κ3) is 8.60. The summed E-state index contributed by atoms with van der Waals surface area (Å²) >= 11 is 6.13. The lowest BCUT2D eigenvalue weighted by Gasteiger charge is -2.42. The molecule has 0 amide bonds. The monoisotopic (exact) mass is 518 g/mol. The highest BCUT2D eigenvalue weighted by molar-refractivity contribution is 6.30. The molecule has 2 fully saturated rings. The van der Waals surface area contributed by atoms with Gasteiger partial charge in [0, 0.05) is 63.3 Å². The molecule has 1 aromatic rings. The molecule has 35 heavy (non-hydrogen) atoms. The highest BCUT2D eigenvalue weighted by atomic mass is 35.5. The van der Waals surface area contributed by atoms with Crippen LogP contribution in [0.25, 0.3) is 0 Å². The Morgan fingerprint density at radius 3 is 2.69 bits per heavy atom. The topological polar surface area (TPSA) is 33.7 Å². The summed E-state index contributed by atoms with van der Waals surface area (Å²) in [6.07, 6.45) is 4.38. The Balaban J connectivity index is 1.70. The number of alkyl halides is 2.